The molecule has 1 amide bonds. The molecule has 1 aliphatic rings. The predicted molar refractivity (Wildman–Crippen MR) is 59.7 cm³/mol. The molecule has 1 aliphatic heterocycles. The molecule has 0 aromatic heterocycles. The Balaban J connectivity index is 2.86. The Morgan fingerprint density at radius 3 is 2.69 bits per heavy atom. The smallest absolute Gasteiger partial charge is 0.280 e. The molecule has 0 saturated carbocycles. The van der Waals surface area contributed by atoms with Gasteiger partial charge >= 0.3 is 0 Å². The number of nitrogens with one attached hydrogen (secondary N) is 2. The average Bonchev–Trinajstić information content (AvgIpc) is 2.15. The van der Waals surface area contributed by atoms with Crippen molar-refractivity contribution in [3.8, 4) is 0 Å². The Morgan fingerprint density at radius 1 is 1.56 bits per heavy atom. The maximum absolute atomic E-state index is 11.9. The lowest BCUT2D eigenvalue weighted by atomic mass is 10.2. The van der Waals surface area contributed by atoms with E-state index in [9.17, 15) is 13.2 Å². The van der Waals surface area contributed by atoms with E-state index in [2.05, 4.69) is 10.0 Å². The molecule has 0 radical (unpaired) electrons. The molecule has 0 bridgehead atoms. The van der Waals surface area contributed by atoms with Gasteiger partial charge in [-0.2, -0.15) is 17.4 Å². The second-order valence-electron chi connectivity index (χ2n) is 4.01. The molecule has 7 nitrogen and oxygen atoms in total. The van der Waals surface area contributed by atoms with Crippen molar-refractivity contribution in [2.75, 3.05) is 19.6 Å². The fraction of sp³-hybridized carbons (Fsp3) is 0.875. The summed E-state index contributed by atoms with van der Waals surface area (Å²) >= 11 is 0. The van der Waals surface area contributed by atoms with Gasteiger partial charge in [-0.1, -0.05) is 0 Å². The highest BCUT2D eigenvalue weighted by Crippen LogP contribution is 2.08. The van der Waals surface area contributed by atoms with Gasteiger partial charge in [0.25, 0.3) is 10.2 Å². The van der Waals surface area contributed by atoms with Crippen LogP contribution in [0.5, 0.6) is 0 Å². The van der Waals surface area contributed by atoms with Crippen LogP contribution in [0.2, 0.25) is 0 Å². The molecular formula is C8H18N4O3S. The Kier molecular flexibility index (Phi) is 4.25. The third-order valence-corrected chi connectivity index (χ3v) is 4.04. The van der Waals surface area contributed by atoms with Gasteiger partial charge in [0.05, 0.1) is 0 Å². The maximum atomic E-state index is 11.9. The van der Waals surface area contributed by atoms with Gasteiger partial charge in [-0.3, -0.25) is 4.79 Å². The number of carbonyl (C=O) groups is 1. The Hall–Kier alpha value is -0.700. The van der Waals surface area contributed by atoms with Gasteiger partial charge in [0, 0.05) is 25.7 Å². The van der Waals surface area contributed by atoms with Crippen molar-refractivity contribution in [1.82, 2.24) is 14.3 Å². The van der Waals surface area contributed by atoms with E-state index in [1.807, 2.05) is 0 Å². The van der Waals surface area contributed by atoms with Crippen molar-refractivity contribution in [1.29, 1.82) is 0 Å². The summed E-state index contributed by atoms with van der Waals surface area (Å²) in [5.74, 6) is -0.638. The molecule has 94 valence electrons. The van der Waals surface area contributed by atoms with Gasteiger partial charge in [-0.05, 0) is 13.8 Å². The highest BCUT2D eigenvalue weighted by Gasteiger charge is 2.35. The van der Waals surface area contributed by atoms with Crippen LogP contribution in [0.1, 0.15) is 13.8 Å². The van der Waals surface area contributed by atoms with Crippen LogP contribution in [-0.2, 0) is 15.0 Å². The van der Waals surface area contributed by atoms with E-state index in [-0.39, 0.29) is 19.1 Å². The molecule has 0 aliphatic carbocycles. The van der Waals surface area contributed by atoms with E-state index in [4.69, 9.17) is 5.73 Å². The average molecular weight is 250 g/mol. The van der Waals surface area contributed by atoms with Crippen LogP contribution in [0.25, 0.3) is 0 Å². The SMILES string of the molecule is CC(C)NS(=O)(=O)N1CCNCC1C(N)=O. The van der Waals surface area contributed by atoms with Crippen molar-refractivity contribution >= 4 is 16.1 Å². The van der Waals surface area contributed by atoms with E-state index in [0.717, 1.165) is 4.31 Å². The Bertz CT molecular complexity index is 354. The van der Waals surface area contributed by atoms with Crippen LogP contribution >= 0.6 is 0 Å². The molecule has 1 unspecified atom stereocenters. The molecule has 16 heavy (non-hydrogen) atoms. The summed E-state index contributed by atoms with van der Waals surface area (Å²) in [5, 5.41) is 2.94. The second kappa shape index (κ2) is 5.09. The molecule has 8 heteroatoms. The highest BCUT2D eigenvalue weighted by molar-refractivity contribution is 7.87. The summed E-state index contributed by atoms with van der Waals surface area (Å²) in [7, 11) is -3.63. The van der Waals surface area contributed by atoms with Crippen molar-refractivity contribution in [2.24, 2.45) is 5.73 Å². The largest absolute Gasteiger partial charge is 0.368 e. The van der Waals surface area contributed by atoms with Crippen molar-refractivity contribution in [3.05, 3.63) is 0 Å². The number of piperazine rings is 1. The van der Waals surface area contributed by atoms with Gasteiger partial charge in [-0.15, -0.1) is 0 Å². The van der Waals surface area contributed by atoms with Crippen LogP contribution in [0.15, 0.2) is 0 Å². The molecule has 1 atom stereocenters. The zero-order chi connectivity index (χ0) is 12.3. The Labute approximate surface area is 95.5 Å². The quantitative estimate of drug-likeness (QED) is 0.536. The van der Waals surface area contributed by atoms with Gasteiger partial charge in [-0.25, -0.2) is 0 Å². The van der Waals surface area contributed by atoms with E-state index < -0.39 is 22.2 Å². The van der Waals surface area contributed by atoms with Crippen LogP contribution < -0.4 is 15.8 Å². The van der Waals surface area contributed by atoms with Crippen LogP contribution in [0.4, 0.5) is 0 Å². The van der Waals surface area contributed by atoms with Gasteiger partial charge in [0.2, 0.25) is 5.91 Å². The highest BCUT2D eigenvalue weighted by atomic mass is 32.2. The maximum Gasteiger partial charge on any atom is 0.280 e. The van der Waals surface area contributed by atoms with Gasteiger partial charge in [0.1, 0.15) is 6.04 Å². The topological polar surface area (TPSA) is 105 Å². The normalized spacial score (nSPS) is 23.6. The molecule has 4 N–H and O–H groups in total. The first-order chi connectivity index (χ1) is 7.34. The summed E-state index contributed by atoms with van der Waals surface area (Å²) in [6.45, 7) is 4.46. The zero-order valence-electron chi connectivity index (χ0n) is 9.43. The molecule has 0 aromatic rings. The molecule has 0 spiro atoms. The first-order valence-corrected chi connectivity index (χ1v) is 6.57. The third kappa shape index (κ3) is 3.14. The predicted octanol–water partition coefficient (Wildman–Crippen LogP) is -2.01. The fourth-order valence-corrected chi connectivity index (χ4v) is 3.16. The fourth-order valence-electron chi connectivity index (χ4n) is 1.58. The molecule has 1 saturated heterocycles. The summed E-state index contributed by atoms with van der Waals surface area (Å²) in [6, 6.07) is -1.03. The minimum atomic E-state index is -3.63. The molecule has 1 heterocycles. The summed E-state index contributed by atoms with van der Waals surface area (Å²) in [5.41, 5.74) is 5.17. The lowest BCUT2D eigenvalue weighted by molar-refractivity contribution is -0.122. The molecule has 0 aromatic carbocycles. The molecule has 1 rings (SSSR count). The first-order valence-electron chi connectivity index (χ1n) is 5.13. The number of nitrogens with two attached hydrogens (primary N) is 1. The monoisotopic (exact) mass is 250 g/mol. The third-order valence-electron chi connectivity index (χ3n) is 2.22. The number of hydrogen-bond acceptors (Lipinski definition) is 4. The minimum Gasteiger partial charge on any atom is -0.368 e. The lowest BCUT2D eigenvalue weighted by Gasteiger charge is -2.33. The number of primary amides is 1. The van der Waals surface area contributed by atoms with Crippen LogP contribution in [-0.4, -0.2) is 50.3 Å². The Morgan fingerprint density at radius 2 is 2.19 bits per heavy atom. The van der Waals surface area contributed by atoms with E-state index in [0.29, 0.717) is 6.54 Å². The first kappa shape index (κ1) is 13.4. The number of hydrogen-bond donors (Lipinski definition) is 3. The van der Waals surface area contributed by atoms with Gasteiger partial charge in [0.15, 0.2) is 0 Å². The number of rotatable bonds is 4. The standard InChI is InChI=1S/C8H18N4O3S/c1-6(2)11-16(14,15)12-4-3-10-5-7(12)8(9)13/h6-7,10-11H,3-5H2,1-2H3,(H2,9,13). The number of amides is 1. The van der Waals surface area contributed by atoms with Crippen molar-refractivity contribution in [3.63, 3.8) is 0 Å². The van der Waals surface area contributed by atoms with Crippen molar-refractivity contribution < 1.29 is 13.2 Å². The minimum absolute atomic E-state index is 0.214. The molecular weight excluding hydrogens is 232 g/mol. The molecule has 1 fully saturated rings. The van der Waals surface area contributed by atoms with E-state index in [1.165, 1.54) is 0 Å². The lowest BCUT2D eigenvalue weighted by Crippen LogP contribution is -2.61. The summed E-state index contributed by atoms with van der Waals surface area (Å²) < 4.78 is 27.3. The second-order valence-corrected chi connectivity index (χ2v) is 5.67. The van der Waals surface area contributed by atoms with E-state index >= 15 is 0 Å². The zero-order valence-corrected chi connectivity index (χ0v) is 10.3. The van der Waals surface area contributed by atoms with Crippen molar-refractivity contribution in [2.45, 2.75) is 25.9 Å². The van der Waals surface area contributed by atoms with Crippen LogP contribution in [0, 0.1) is 0 Å². The summed E-state index contributed by atoms with van der Waals surface area (Å²) in [6.07, 6.45) is 0. The number of carbonyl (C=O) groups excluding carboxylic acids is 1. The summed E-state index contributed by atoms with van der Waals surface area (Å²) in [4.78, 5) is 11.1. The van der Waals surface area contributed by atoms with E-state index in [1.54, 1.807) is 13.8 Å². The van der Waals surface area contributed by atoms with Crippen LogP contribution in [0.3, 0.4) is 0 Å². The van der Waals surface area contributed by atoms with Gasteiger partial charge < -0.3 is 11.1 Å². The number of nitrogens with zero attached hydrogens (tertiary/aromatic N) is 1.